The van der Waals surface area contributed by atoms with Crippen LogP contribution in [0, 0.1) is 13.8 Å². The zero-order valence-corrected chi connectivity index (χ0v) is 15.6. The molecule has 0 aliphatic heterocycles. The highest BCUT2D eigenvalue weighted by molar-refractivity contribution is 7.92. The maximum atomic E-state index is 13.0. The van der Waals surface area contributed by atoms with Crippen LogP contribution in [0.25, 0.3) is 0 Å². The Morgan fingerprint density at radius 1 is 1.09 bits per heavy atom. The third-order valence-corrected chi connectivity index (χ3v) is 7.48. The molecule has 0 spiro atoms. The van der Waals surface area contributed by atoms with Gasteiger partial charge < -0.3 is 0 Å². The van der Waals surface area contributed by atoms with Crippen molar-refractivity contribution < 1.29 is 16.8 Å². The molecule has 2 rings (SSSR count). The largest absolute Gasteiger partial charge is 0.223 e. The molecule has 126 valence electrons. The molecule has 0 fully saturated rings. The summed E-state index contributed by atoms with van der Waals surface area (Å²) in [6.45, 7) is 3.57. The topological polar surface area (TPSA) is 80.3 Å². The van der Waals surface area contributed by atoms with Crippen molar-refractivity contribution in [1.29, 1.82) is 0 Å². The molecular weight excluding hydrogens is 354 g/mol. The van der Waals surface area contributed by atoms with Crippen molar-refractivity contribution in [3.63, 3.8) is 0 Å². The second-order valence-electron chi connectivity index (χ2n) is 5.42. The molecule has 2 aromatic rings. The molecular formula is C15H19NO4S3. The average Bonchev–Trinajstić information content (AvgIpc) is 2.94. The van der Waals surface area contributed by atoms with E-state index in [0.717, 1.165) is 17.4 Å². The number of nitrogens with one attached hydrogen (secondary N) is 1. The lowest BCUT2D eigenvalue weighted by atomic mass is 10.1. The van der Waals surface area contributed by atoms with Gasteiger partial charge in [-0.3, -0.25) is 0 Å². The molecule has 0 saturated carbocycles. The molecule has 0 aliphatic carbocycles. The van der Waals surface area contributed by atoms with E-state index in [1.165, 1.54) is 11.3 Å². The number of hydrogen-bond acceptors (Lipinski definition) is 5. The number of rotatable bonds is 6. The average molecular weight is 374 g/mol. The summed E-state index contributed by atoms with van der Waals surface area (Å²) < 4.78 is 51.0. The molecule has 1 atom stereocenters. The van der Waals surface area contributed by atoms with Crippen LogP contribution in [0.5, 0.6) is 0 Å². The quantitative estimate of drug-likeness (QED) is 0.843. The molecule has 0 amide bonds. The lowest BCUT2D eigenvalue weighted by Gasteiger charge is -2.17. The van der Waals surface area contributed by atoms with Crippen molar-refractivity contribution in [3.05, 3.63) is 51.7 Å². The van der Waals surface area contributed by atoms with E-state index in [0.29, 0.717) is 4.88 Å². The molecule has 23 heavy (non-hydrogen) atoms. The summed E-state index contributed by atoms with van der Waals surface area (Å²) in [6, 6.07) is 8.42. The van der Waals surface area contributed by atoms with Gasteiger partial charge >= 0.3 is 0 Å². The minimum atomic E-state index is -3.70. The fourth-order valence-corrected chi connectivity index (χ4v) is 5.56. The van der Waals surface area contributed by atoms with E-state index in [-0.39, 0.29) is 11.4 Å². The fourth-order valence-electron chi connectivity index (χ4n) is 2.12. The number of aryl methyl sites for hydroxylation is 2. The van der Waals surface area contributed by atoms with Gasteiger partial charge in [0.15, 0.2) is 9.84 Å². The number of sulfone groups is 1. The smallest absolute Gasteiger partial charge is 0.208 e. The molecule has 0 radical (unpaired) electrons. The zero-order chi connectivity index (χ0) is 17.3. The summed E-state index contributed by atoms with van der Waals surface area (Å²) >= 11 is 1.30. The van der Waals surface area contributed by atoms with Crippen LogP contribution in [0.1, 0.15) is 21.3 Å². The first-order chi connectivity index (χ1) is 10.6. The Morgan fingerprint density at radius 3 is 2.30 bits per heavy atom. The number of benzene rings is 1. The minimum absolute atomic E-state index is 0.186. The number of hydrogen-bond donors (Lipinski definition) is 1. The molecule has 5 nitrogen and oxygen atoms in total. The van der Waals surface area contributed by atoms with Gasteiger partial charge in [-0.2, -0.15) is 0 Å². The molecule has 0 unspecified atom stereocenters. The SMILES string of the molecule is Cc1ccc(S(=O)(=O)[C@H](CNS(C)(=O)=O)c2cccs2)cc1C. The van der Waals surface area contributed by atoms with E-state index in [4.69, 9.17) is 0 Å². The summed E-state index contributed by atoms with van der Waals surface area (Å²) in [6.07, 6.45) is 1.02. The monoisotopic (exact) mass is 373 g/mol. The lowest BCUT2D eigenvalue weighted by Crippen LogP contribution is -2.30. The van der Waals surface area contributed by atoms with Crippen molar-refractivity contribution >= 4 is 31.2 Å². The summed E-state index contributed by atoms with van der Waals surface area (Å²) in [7, 11) is -7.18. The van der Waals surface area contributed by atoms with Crippen LogP contribution in [-0.4, -0.2) is 29.6 Å². The Labute approximate surface area is 141 Å². The van der Waals surface area contributed by atoms with E-state index in [9.17, 15) is 16.8 Å². The van der Waals surface area contributed by atoms with Crippen molar-refractivity contribution in [1.82, 2.24) is 4.72 Å². The zero-order valence-electron chi connectivity index (χ0n) is 13.1. The highest BCUT2D eigenvalue weighted by atomic mass is 32.2. The molecule has 0 aliphatic rings. The van der Waals surface area contributed by atoms with E-state index >= 15 is 0 Å². The lowest BCUT2D eigenvalue weighted by molar-refractivity contribution is 0.572. The summed E-state index contributed by atoms with van der Waals surface area (Å²) in [4.78, 5) is 0.814. The Morgan fingerprint density at radius 2 is 1.78 bits per heavy atom. The number of thiophene rings is 1. The van der Waals surface area contributed by atoms with Crippen molar-refractivity contribution in [3.8, 4) is 0 Å². The van der Waals surface area contributed by atoms with Gasteiger partial charge in [-0.15, -0.1) is 11.3 Å². The van der Waals surface area contributed by atoms with Gasteiger partial charge in [-0.1, -0.05) is 12.1 Å². The Kier molecular flexibility index (Phi) is 5.30. The van der Waals surface area contributed by atoms with E-state index in [1.807, 2.05) is 13.8 Å². The van der Waals surface area contributed by atoms with Crippen molar-refractivity contribution in [2.45, 2.75) is 24.0 Å². The van der Waals surface area contributed by atoms with Crippen LogP contribution < -0.4 is 4.72 Å². The molecule has 1 N–H and O–H groups in total. The second kappa shape index (κ2) is 6.72. The predicted octanol–water partition coefficient (Wildman–Crippen LogP) is 2.43. The molecule has 1 aromatic heterocycles. The second-order valence-corrected chi connectivity index (χ2v) is 10.4. The van der Waals surface area contributed by atoms with Crippen LogP contribution in [0.3, 0.4) is 0 Å². The van der Waals surface area contributed by atoms with E-state index in [1.54, 1.807) is 35.7 Å². The Hall–Kier alpha value is -1.22. The molecule has 1 heterocycles. The van der Waals surface area contributed by atoms with Crippen LogP contribution in [0.2, 0.25) is 0 Å². The van der Waals surface area contributed by atoms with Gasteiger partial charge in [0.05, 0.1) is 11.2 Å². The first-order valence-electron chi connectivity index (χ1n) is 6.90. The molecule has 8 heteroatoms. The first kappa shape index (κ1) is 18.1. The summed E-state index contributed by atoms with van der Waals surface area (Å²) in [5.41, 5.74) is 1.89. The summed E-state index contributed by atoms with van der Waals surface area (Å²) in [5.74, 6) is 0. The van der Waals surface area contributed by atoms with Gasteiger partial charge in [-0.05, 0) is 48.6 Å². The Balaban J connectivity index is 2.46. The van der Waals surface area contributed by atoms with E-state index in [2.05, 4.69) is 4.72 Å². The Bertz CT molecular complexity index is 885. The van der Waals surface area contributed by atoms with Gasteiger partial charge in [0.1, 0.15) is 5.25 Å². The molecule has 0 bridgehead atoms. The van der Waals surface area contributed by atoms with Crippen LogP contribution in [0.15, 0.2) is 40.6 Å². The summed E-state index contributed by atoms with van der Waals surface area (Å²) in [5, 5.41) is 0.831. The fraction of sp³-hybridized carbons (Fsp3) is 0.333. The van der Waals surface area contributed by atoms with Gasteiger partial charge in [-0.25, -0.2) is 21.6 Å². The maximum Gasteiger partial charge on any atom is 0.208 e. The minimum Gasteiger partial charge on any atom is -0.223 e. The third-order valence-electron chi connectivity index (χ3n) is 3.57. The highest BCUT2D eigenvalue weighted by Crippen LogP contribution is 2.32. The van der Waals surface area contributed by atoms with Gasteiger partial charge in [0, 0.05) is 11.4 Å². The first-order valence-corrected chi connectivity index (χ1v) is 11.2. The van der Waals surface area contributed by atoms with Crippen LogP contribution >= 0.6 is 11.3 Å². The number of sulfonamides is 1. The normalized spacial score (nSPS) is 13.9. The van der Waals surface area contributed by atoms with Crippen molar-refractivity contribution in [2.75, 3.05) is 12.8 Å². The third kappa shape index (κ3) is 4.41. The van der Waals surface area contributed by atoms with Gasteiger partial charge in [0.25, 0.3) is 0 Å². The molecule has 0 saturated heterocycles. The molecule has 1 aromatic carbocycles. The highest BCUT2D eigenvalue weighted by Gasteiger charge is 2.30. The van der Waals surface area contributed by atoms with E-state index < -0.39 is 25.1 Å². The van der Waals surface area contributed by atoms with Crippen molar-refractivity contribution in [2.24, 2.45) is 0 Å². The standard InChI is InChI=1S/C15H19NO4S3/c1-11-6-7-13(9-12(11)2)23(19,20)15(10-16-22(3,17)18)14-5-4-8-21-14/h4-9,15-16H,10H2,1-3H3/t15-/m1/s1. The van der Waals surface area contributed by atoms with Crippen LogP contribution in [0.4, 0.5) is 0 Å². The van der Waals surface area contributed by atoms with Crippen LogP contribution in [-0.2, 0) is 19.9 Å². The predicted molar refractivity (Wildman–Crippen MR) is 93.0 cm³/mol. The van der Waals surface area contributed by atoms with Gasteiger partial charge in [0.2, 0.25) is 10.0 Å². The maximum absolute atomic E-state index is 13.0.